The Hall–Kier alpha value is -2.69. The Morgan fingerprint density at radius 2 is 2.00 bits per heavy atom. The summed E-state index contributed by atoms with van der Waals surface area (Å²) in [5.74, 6) is -0.605. The summed E-state index contributed by atoms with van der Waals surface area (Å²) in [5, 5.41) is 2.64. The second kappa shape index (κ2) is 6.83. The van der Waals surface area contributed by atoms with Gasteiger partial charge in [0.25, 0.3) is 0 Å². The number of aryl methyl sites for hydroxylation is 1. The lowest BCUT2D eigenvalue weighted by molar-refractivity contribution is -0.131. The summed E-state index contributed by atoms with van der Waals surface area (Å²) in [6.07, 6.45) is 0.413. The van der Waals surface area contributed by atoms with Crippen molar-refractivity contribution in [3.8, 4) is 0 Å². The summed E-state index contributed by atoms with van der Waals surface area (Å²) in [4.78, 5) is 25.8. The van der Waals surface area contributed by atoms with Gasteiger partial charge in [-0.25, -0.2) is 4.39 Å². The van der Waals surface area contributed by atoms with E-state index in [4.69, 9.17) is 0 Å². The van der Waals surface area contributed by atoms with Crippen molar-refractivity contribution in [2.45, 2.75) is 19.3 Å². The first-order valence-electron chi connectivity index (χ1n) is 7.91. The predicted molar refractivity (Wildman–Crippen MR) is 90.1 cm³/mol. The van der Waals surface area contributed by atoms with E-state index in [0.29, 0.717) is 24.2 Å². The lowest BCUT2D eigenvalue weighted by Gasteiger charge is -2.16. The highest BCUT2D eigenvalue weighted by atomic mass is 19.1. The van der Waals surface area contributed by atoms with Crippen molar-refractivity contribution >= 4 is 17.5 Å². The summed E-state index contributed by atoms with van der Waals surface area (Å²) < 4.78 is 13.5. The van der Waals surface area contributed by atoms with Gasteiger partial charge in [-0.3, -0.25) is 9.59 Å². The molecule has 0 spiro atoms. The van der Waals surface area contributed by atoms with Gasteiger partial charge in [-0.15, -0.1) is 0 Å². The van der Waals surface area contributed by atoms with E-state index in [0.717, 1.165) is 5.56 Å². The van der Waals surface area contributed by atoms with Crippen molar-refractivity contribution in [3.63, 3.8) is 0 Å². The lowest BCUT2D eigenvalue weighted by Crippen LogP contribution is -2.34. The summed E-state index contributed by atoms with van der Waals surface area (Å²) in [7, 11) is 0. The first-order valence-corrected chi connectivity index (χ1v) is 7.91. The van der Waals surface area contributed by atoms with Crippen molar-refractivity contribution in [2.24, 2.45) is 0 Å². The molecule has 1 fully saturated rings. The highest BCUT2D eigenvalue weighted by Gasteiger charge is 2.31. The molecule has 0 saturated carbocycles. The third-order valence-corrected chi connectivity index (χ3v) is 4.28. The minimum absolute atomic E-state index is 0.0162. The lowest BCUT2D eigenvalue weighted by atomic mass is 9.99. The van der Waals surface area contributed by atoms with Crippen LogP contribution in [0.3, 0.4) is 0 Å². The Balaban J connectivity index is 1.60. The average molecular weight is 326 g/mol. The highest BCUT2D eigenvalue weighted by molar-refractivity contribution is 5.95. The van der Waals surface area contributed by atoms with Gasteiger partial charge in [0.2, 0.25) is 11.8 Å². The van der Waals surface area contributed by atoms with Crippen molar-refractivity contribution in [2.75, 3.05) is 18.4 Å². The molecule has 1 unspecified atom stereocenters. The molecule has 2 amide bonds. The SMILES string of the molecule is Cc1ccc(NC(=O)CN2CC(c3ccccc3)CC2=O)cc1F. The second-order valence-electron chi connectivity index (χ2n) is 6.10. The molecule has 1 atom stereocenters. The van der Waals surface area contributed by atoms with E-state index in [1.807, 2.05) is 30.3 Å². The number of hydrogen-bond donors (Lipinski definition) is 1. The van der Waals surface area contributed by atoms with Crippen LogP contribution in [-0.4, -0.2) is 29.8 Å². The number of amides is 2. The molecule has 1 saturated heterocycles. The van der Waals surface area contributed by atoms with Gasteiger partial charge in [-0.05, 0) is 30.2 Å². The molecule has 3 rings (SSSR count). The van der Waals surface area contributed by atoms with E-state index in [1.165, 1.54) is 6.07 Å². The van der Waals surface area contributed by atoms with Crippen LogP contribution in [0.4, 0.5) is 10.1 Å². The van der Waals surface area contributed by atoms with Crippen LogP contribution in [0.1, 0.15) is 23.5 Å². The molecule has 0 aromatic heterocycles. The number of likely N-dealkylation sites (tertiary alicyclic amines) is 1. The molecule has 2 aromatic rings. The molecule has 0 aliphatic carbocycles. The topological polar surface area (TPSA) is 49.4 Å². The van der Waals surface area contributed by atoms with Crippen molar-refractivity contribution in [3.05, 3.63) is 65.5 Å². The van der Waals surface area contributed by atoms with Gasteiger partial charge in [0.05, 0.1) is 6.54 Å². The predicted octanol–water partition coefficient (Wildman–Crippen LogP) is 3.09. The Bertz CT molecular complexity index is 761. The molecule has 2 aromatic carbocycles. The molecule has 4 nitrogen and oxygen atoms in total. The fourth-order valence-corrected chi connectivity index (χ4v) is 2.92. The van der Waals surface area contributed by atoms with Crippen LogP contribution >= 0.6 is 0 Å². The van der Waals surface area contributed by atoms with Crippen LogP contribution in [-0.2, 0) is 9.59 Å². The summed E-state index contributed by atoms with van der Waals surface area (Å²) in [5.41, 5.74) is 2.03. The van der Waals surface area contributed by atoms with E-state index in [-0.39, 0.29) is 30.1 Å². The van der Waals surface area contributed by atoms with Gasteiger partial charge in [0.1, 0.15) is 5.82 Å². The van der Waals surface area contributed by atoms with Crippen LogP contribution in [0.15, 0.2) is 48.5 Å². The van der Waals surface area contributed by atoms with Gasteiger partial charge in [0, 0.05) is 24.6 Å². The van der Waals surface area contributed by atoms with Crippen LogP contribution in [0.25, 0.3) is 0 Å². The quantitative estimate of drug-likeness (QED) is 0.938. The second-order valence-corrected chi connectivity index (χ2v) is 6.10. The molecule has 0 bridgehead atoms. The number of carbonyl (C=O) groups excluding carboxylic acids is 2. The molecule has 1 aliphatic rings. The molecule has 24 heavy (non-hydrogen) atoms. The molecule has 1 N–H and O–H groups in total. The maximum Gasteiger partial charge on any atom is 0.243 e. The molecule has 124 valence electrons. The van der Waals surface area contributed by atoms with Crippen LogP contribution < -0.4 is 5.32 Å². The van der Waals surface area contributed by atoms with Crippen molar-refractivity contribution in [1.29, 1.82) is 0 Å². The zero-order chi connectivity index (χ0) is 17.1. The monoisotopic (exact) mass is 326 g/mol. The summed E-state index contributed by atoms with van der Waals surface area (Å²) in [6.45, 7) is 2.17. The van der Waals surface area contributed by atoms with E-state index < -0.39 is 0 Å². The zero-order valence-corrected chi connectivity index (χ0v) is 13.5. The number of benzene rings is 2. The minimum atomic E-state index is -0.366. The largest absolute Gasteiger partial charge is 0.333 e. The Morgan fingerprint density at radius 3 is 2.71 bits per heavy atom. The van der Waals surface area contributed by atoms with Crippen LogP contribution in [0, 0.1) is 12.7 Å². The number of anilines is 1. The Morgan fingerprint density at radius 1 is 1.25 bits per heavy atom. The first-order chi connectivity index (χ1) is 11.5. The average Bonchev–Trinajstić information content (AvgIpc) is 2.93. The summed E-state index contributed by atoms with van der Waals surface area (Å²) in [6, 6.07) is 14.4. The van der Waals surface area contributed by atoms with Gasteiger partial charge in [0.15, 0.2) is 0 Å². The van der Waals surface area contributed by atoms with Gasteiger partial charge >= 0.3 is 0 Å². The number of halogens is 1. The minimum Gasteiger partial charge on any atom is -0.333 e. The van der Waals surface area contributed by atoms with E-state index in [1.54, 1.807) is 24.0 Å². The third kappa shape index (κ3) is 3.62. The number of carbonyl (C=O) groups is 2. The normalized spacial score (nSPS) is 17.2. The fourth-order valence-electron chi connectivity index (χ4n) is 2.92. The van der Waals surface area contributed by atoms with Crippen molar-refractivity contribution in [1.82, 2.24) is 4.90 Å². The maximum atomic E-state index is 13.5. The number of nitrogens with zero attached hydrogens (tertiary/aromatic N) is 1. The smallest absolute Gasteiger partial charge is 0.243 e. The molecular formula is C19H19FN2O2. The van der Waals surface area contributed by atoms with Crippen LogP contribution in [0.5, 0.6) is 0 Å². The van der Waals surface area contributed by atoms with Gasteiger partial charge < -0.3 is 10.2 Å². The van der Waals surface area contributed by atoms with E-state index in [2.05, 4.69) is 5.32 Å². The summed E-state index contributed by atoms with van der Waals surface area (Å²) >= 11 is 0. The Labute approximate surface area is 140 Å². The van der Waals surface area contributed by atoms with Crippen LogP contribution in [0.2, 0.25) is 0 Å². The Kier molecular flexibility index (Phi) is 4.60. The standard InChI is InChI=1S/C19H19FN2O2/c1-13-7-8-16(10-17(13)20)21-18(23)12-22-11-15(9-19(22)24)14-5-3-2-4-6-14/h2-8,10,15H,9,11-12H2,1H3,(H,21,23). The number of hydrogen-bond acceptors (Lipinski definition) is 2. The number of nitrogens with one attached hydrogen (secondary N) is 1. The number of rotatable bonds is 4. The highest BCUT2D eigenvalue weighted by Crippen LogP contribution is 2.27. The van der Waals surface area contributed by atoms with E-state index in [9.17, 15) is 14.0 Å². The van der Waals surface area contributed by atoms with E-state index >= 15 is 0 Å². The molecule has 0 radical (unpaired) electrons. The fraction of sp³-hybridized carbons (Fsp3) is 0.263. The maximum absolute atomic E-state index is 13.5. The van der Waals surface area contributed by atoms with Gasteiger partial charge in [-0.2, -0.15) is 0 Å². The zero-order valence-electron chi connectivity index (χ0n) is 13.5. The van der Waals surface area contributed by atoms with Gasteiger partial charge in [-0.1, -0.05) is 36.4 Å². The molecular weight excluding hydrogens is 307 g/mol. The molecule has 1 aliphatic heterocycles. The molecule has 5 heteroatoms. The third-order valence-electron chi connectivity index (χ3n) is 4.28. The van der Waals surface area contributed by atoms with Crippen molar-refractivity contribution < 1.29 is 14.0 Å². The molecule has 1 heterocycles. The first kappa shape index (κ1) is 16.2.